The van der Waals surface area contributed by atoms with E-state index in [-0.39, 0.29) is 5.92 Å². The van der Waals surface area contributed by atoms with Crippen molar-refractivity contribution in [2.75, 3.05) is 36.8 Å². The minimum Gasteiger partial charge on any atom is -0.384 e. The van der Waals surface area contributed by atoms with Crippen molar-refractivity contribution in [2.24, 2.45) is 5.92 Å². The maximum atomic E-state index is 12.5. The molecule has 4 rings (SSSR count). The summed E-state index contributed by atoms with van der Waals surface area (Å²) in [5.41, 5.74) is 8.57. The second kappa shape index (κ2) is 6.90. The summed E-state index contributed by atoms with van der Waals surface area (Å²) in [6.07, 6.45) is 6.66. The normalized spacial score (nSPS) is 17.9. The Balaban J connectivity index is 1.54. The first-order valence-corrected chi connectivity index (χ1v) is 9.20. The second-order valence-corrected chi connectivity index (χ2v) is 7.07. The monoisotopic (exact) mass is 352 g/mol. The first-order valence-electron chi connectivity index (χ1n) is 9.20. The van der Waals surface area contributed by atoms with Crippen LogP contribution in [0, 0.1) is 12.8 Å². The molecule has 1 amide bonds. The number of nitrogens with zero attached hydrogens (tertiary/aromatic N) is 5. The summed E-state index contributed by atoms with van der Waals surface area (Å²) in [7, 11) is 0. The Kier molecular flexibility index (Phi) is 4.44. The Morgan fingerprint density at radius 1 is 1.12 bits per heavy atom. The number of amides is 1. The number of hydrogen-bond acceptors (Lipinski definition) is 6. The fraction of sp³-hybridized carbons (Fsp3) is 0.474. The fourth-order valence-electron chi connectivity index (χ4n) is 3.64. The van der Waals surface area contributed by atoms with Crippen molar-refractivity contribution in [3.05, 3.63) is 30.4 Å². The van der Waals surface area contributed by atoms with Crippen molar-refractivity contribution in [1.29, 1.82) is 0 Å². The molecule has 2 fully saturated rings. The number of nitrogen functional groups attached to an aromatic ring is 1. The molecule has 0 radical (unpaired) electrons. The molecule has 1 aliphatic heterocycles. The molecule has 1 aliphatic carbocycles. The van der Waals surface area contributed by atoms with Gasteiger partial charge in [-0.15, -0.1) is 0 Å². The van der Waals surface area contributed by atoms with Crippen molar-refractivity contribution in [1.82, 2.24) is 19.9 Å². The highest BCUT2D eigenvalue weighted by Gasteiger charge is 2.32. The van der Waals surface area contributed by atoms with Gasteiger partial charge in [-0.2, -0.15) is 0 Å². The van der Waals surface area contributed by atoms with E-state index in [1.54, 1.807) is 18.6 Å². The van der Waals surface area contributed by atoms with Gasteiger partial charge in [0, 0.05) is 49.4 Å². The van der Waals surface area contributed by atoms with Gasteiger partial charge in [0.05, 0.1) is 5.69 Å². The highest BCUT2D eigenvalue weighted by Crippen LogP contribution is 2.32. The molecule has 7 nitrogen and oxygen atoms in total. The first kappa shape index (κ1) is 16.8. The number of hydrogen-bond donors (Lipinski definition) is 1. The third-order valence-corrected chi connectivity index (χ3v) is 5.44. The van der Waals surface area contributed by atoms with Crippen LogP contribution in [0.5, 0.6) is 0 Å². The average molecular weight is 352 g/mol. The van der Waals surface area contributed by atoms with Gasteiger partial charge in [0.25, 0.3) is 0 Å². The predicted molar refractivity (Wildman–Crippen MR) is 101 cm³/mol. The number of nitrogens with two attached hydrogens (primary N) is 1. The van der Waals surface area contributed by atoms with E-state index in [9.17, 15) is 4.79 Å². The highest BCUT2D eigenvalue weighted by molar-refractivity contribution is 5.81. The number of rotatable bonds is 3. The van der Waals surface area contributed by atoms with Crippen LogP contribution >= 0.6 is 0 Å². The molecule has 0 bridgehead atoms. The van der Waals surface area contributed by atoms with E-state index in [1.165, 1.54) is 6.42 Å². The van der Waals surface area contributed by atoms with E-state index in [0.29, 0.717) is 11.7 Å². The molecular weight excluding hydrogens is 328 g/mol. The van der Waals surface area contributed by atoms with Gasteiger partial charge in [0.2, 0.25) is 5.91 Å². The van der Waals surface area contributed by atoms with Gasteiger partial charge in [0.1, 0.15) is 18.0 Å². The topological polar surface area (TPSA) is 88.2 Å². The molecule has 1 saturated heterocycles. The number of carbonyl (C=O) groups is 1. The van der Waals surface area contributed by atoms with Gasteiger partial charge in [-0.25, -0.2) is 15.0 Å². The van der Waals surface area contributed by atoms with Gasteiger partial charge >= 0.3 is 0 Å². The quantitative estimate of drug-likeness (QED) is 0.907. The standard InChI is InChI=1S/C19H24N6O/c1-13-17(15-5-6-16(20)21-11-15)18(23-12-22-13)24-7-9-25(10-8-24)19(26)14-3-2-4-14/h5-6,11-12,14H,2-4,7-10H2,1H3,(H2,20,21). The average Bonchev–Trinajstić information content (AvgIpc) is 2.61. The SMILES string of the molecule is Cc1ncnc(N2CCN(C(=O)C3CCC3)CC2)c1-c1ccc(N)nc1. The molecule has 0 unspecified atom stereocenters. The van der Waals surface area contributed by atoms with Crippen LogP contribution in [0.15, 0.2) is 24.7 Å². The molecule has 2 N–H and O–H groups in total. The molecule has 0 atom stereocenters. The zero-order valence-corrected chi connectivity index (χ0v) is 15.1. The number of piperazine rings is 1. The van der Waals surface area contributed by atoms with Gasteiger partial charge in [0.15, 0.2) is 0 Å². The summed E-state index contributed by atoms with van der Waals surface area (Å²) in [4.78, 5) is 29.8. The Morgan fingerprint density at radius 3 is 2.50 bits per heavy atom. The van der Waals surface area contributed by atoms with E-state index in [4.69, 9.17) is 5.73 Å². The summed E-state index contributed by atoms with van der Waals surface area (Å²) in [5.74, 6) is 1.99. The number of aromatic nitrogens is 3. The van der Waals surface area contributed by atoms with Crippen LogP contribution in [0.25, 0.3) is 11.1 Å². The maximum absolute atomic E-state index is 12.5. The molecule has 0 aromatic carbocycles. The molecule has 2 aromatic rings. The van der Waals surface area contributed by atoms with Crippen LogP contribution in [0.4, 0.5) is 11.6 Å². The van der Waals surface area contributed by atoms with Gasteiger partial charge in [-0.1, -0.05) is 6.42 Å². The lowest BCUT2D eigenvalue weighted by molar-refractivity contribution is -0.138. The van der Waals surface area contributed by atoms with Gasteiger partial charge in [-0.3, -0.25) is 4.79 Å². The summed E-state index contributed by atoms with van der Waals surface area (Å²) < 4.78 is 0. The zero-order chi connectivity index (χ0) is 18.1. The van der Waals surface area contributed by atoms with Crippen molar-refractivity contribution < 1.29 is 4.79 Å². The number of pyridine rings is 1. The maximum Gasteiger partial charge on any atom is 0.225 e. The lowest BCUT2D eigenvalue weighted by atomic mass is 9.84. The van der Waals surface area contributed by atoms with Crippen LogP contribution in [-0.2, 0) is 4.79 Å². The summed E-state index contributed by atoms with van der Waals surface area (Å²) in [5, 5.41) is 0. The Labute approximate surface area is 153 Å². The van der Waals surface area contributed by atoms with E-state index < -0.39 is 0 Å². The van der Waals surface area contributed by atoms with E-state index in [2.05, 4.69) is 19.9 Å². The molecular formula is C19H24N6O. The number of aryl methyl sites for hydroxylation is 1. The Hall–Kier alpha value is -2.70. The smallest absolute Gasteiger partial charge is 0.225 e. The number of carbonyl (C=O) groups excluding carboxylic acids is 1. The Bertz CT molecular complexity index is 794. The number of anilines is 2. The predicted octanol–water partition coefficient (Wildman–Crippen LogP) is 1.88. The van der Waals surface area contributed by atoms with E-state index >= 15 is 0 Å². The molecule has 3 heterocycles. The second-order valence-electron chi connectivity index (χ2n) is 7.07. The lowest BCUT2D eigenvalue weighted by Crippen LogP contribution is -2.51. The van der Waals surface area contributed by atoms with Crippen molar-refractivity contribution in [2.45, 2.75) is 26.2 Å². The van der Waals surface area contributed by atoms with Crippen LogP contribution in [-0.4, -0.2) is 51.9 Å². The van der Waals surface area contributed by atoms with Crippen LogP contribution in [0.3, 0.4) is 0 Å². The van der Waals surface area contributed by atoms with Crippen molar-refractivity contribution in [3.8, 4) is 11.1 Å². The molecule has 7 heteroatoms. The van der Waals surface area contributed by atoms with E-state index in [1.807, 2.05) is 17.9 Å². The fourth-order valence-corrected chi connectivity index (χ4v) is 3.64. The van der Waals surface area contributed by atoms with Crippen LogP contribution in [0.1, 0.15) is 25.0 Å². The summed E-state index contributed by atoms with van der Waals surface area (Å²) in [6, 6.07) is 3.74. The third-order valence-electron chi connectivity index (χ3n) is 5.44. The summed E-state index contributed by atoms with van der Waals surface area (Å²) >= 11 is 0. The van der Waals surface area contributed by atoms with Crippen molar-refractivity contribution >= 4 is 17.5 Å². The van der Waals surface area contributed by atoms with Crippen LogP contribution < -0.4 is 10.6 Å². The minimum absolute atomic E-state index is 0.263. The highest BCUT2D eigenvalue weighted by atomic mass is 16.2. The van der Waals surface area contributed by atoms with Gasteiger partial charge < -0.3 is 15.5 Å². The molecule has 0 spiro atoms. The summed E-state index contributed by atoms with van der Waals surface area (Å²) in [6.45, 7) is 5.04. The lowest BCUT2D eigenvalue weighted by Gasteiger charge is -2.39. The largest absolute Gasteiger partial charge is 0.384 e. The first-order chi connectivity index (χ1) is 12.6. The van der Waals surface area contributed by atoms with Gasteiger partial charge in [-0.05, 0) is 31.9 Å². The van der Waals surface area contributed by atoms with Crippen molar-refractivity contribution in [3.63, 3.8) is 0 Å². The third kappa shape index (κ3) is 3.09. The molecule has 1 saturated carbocycles. The zero-order valence-electron chi connectivity index (χ0n) is 15.1. The minimum atomic E-state index is 0.263. The molecule has 2 aliphatic rings. The van der Waals surface area contributed by atoms with Crippen LogP contribution in [0.2, 0.25) is 0 Å². The van der Waals surface area contributed by atoms with E-state index in [0.717, 1.165) is 61.7 Å². The molecule has 136 valence electrons. The molecule has 2 aromatic heterocycles. The Morgan fingerprint density at radius 2 is 1.88 bits per heavy atom. The molecule has 26 heavy (non-hydrogen) atoms.